The standard InChI is InChI=1S/C20H29N3O4/c1-14(2)10-12-21-17(24)13-23-18(25)20(3,22-19(23)26)11-9-15-5-7-16(27-4)8-6-15/h5-8,14H,9-13H2,1-4H3,(H,21,24)(H,22,26)/t20-/m0/s1. The van der Waals surface area contributed by atoms with E-state index in [1.54, 1.807) is 14.0 Å². The highest BCUT2D eigenvalue weighted by atomic mass is 16.5. The molecule has 1 atom stereocenters. The first kappa shape index (κ1) is 20.7. The highest BCUT2D eigenvalue weighted by Crippen LogP contribution is 2.24. The highest BCUT2D eigenvalue weighted by molar-refractivity contribution is 6.08. The Hall–Kier alpha value is -2.57. The topological polar surface area (TPSA) is 87.7 Å². The molecule has 1 fully saturated rings. The van der Waals surface area contributed by atoms with Crippen LogP contribution >= 0.6 is 0 Å². The van der Waals surface area contributed by atoms with Crippen LogP contribution in [-0.2, 0) is 16.0 Å². The van der Waals surface area contributed by atoms with Crippen molar-refractivity contribution in [3.05, 3.63) is 29.8 Å². The zero-order valence-electron chi connectivity index (χ0n) is 16.5. The molecule has 148 valence electrons. The molecule has 0 aromatic heterocycles. The number of aryl methyl sites for hydroxylation is 1. The Morgan fingerprint density at radius 1 is 1.26 bits per heavy atom. The number of nitrogens with zero attached hydrogens (tertiary/aromatic N) is 1. The van der Waals surface area contributed by atoms with E-state index in [0.717, 1.165) is 22.6 Å². The molecule has 4 amide bonds. The average Bonchev–Trinajstić information content (AvgIpc) is 2.84. The Labute approximate surface area is 160 Å². The number of ether oxygens (including phenoxy) is 1. The van der Waals surface area contributed by atoms with Gasteiger partial charge in [0.2, 0.25) is 5.91 Å². The second kappa shape index (κ2) is 8.88. The summed E-state index contributed by atoms with van der Waals surface area (Å²) in [5.74, 6) is 0.562. The molecule has 2 N–H and O–H groups in total. The lowest BCUT2D eigenvalue weighted by atomic mass is 9.93. The van der Waals surface area contributed by atoms with E-state index < -0.39 is 11.6 Å². The first-order chi connectivity index (χ1) is 12.7. The molecule has 7 heteroatoms. The lowest BCUT2D eigenvalue weighted by molar-refractivity contribution is -0.134. The molecular formula is C20H29N3O4. The Bertz CT molecular complexity index is 687. The molecule has 0 unspecified atom stereocenters. The van der Waals surface area contributed by atoms with Crippen LogP contribution in [0.1, 0.15) is 39.2 Å². The van der Waals surface area contributed by atoms with Crippen molar-refractivity contribution in [3.8, 4) is 5.75 Å². The molecule has 1 aliphatic rings. The van der Waals surface area contributed by atoms with Crippen LogP contribution in [0, 0.1) is 5.92 Å². The van der Waals surface area contributed by atoms with Gasteiger partial charge in [0.25, 0.3) is 5.91 Å². The number of methoxy groups -OCH3 is 1. The van der Waals surface area contributed by atoms with Gasteiger partial charge in [0.05, 0.1) is 7.11 Å². The zero-order chi connectivity index (χ0) is 20.0. The molecule has 0 saturated carbocycles. The summed E-state index contributed by atoms with van der Waals surface area (Å²) in [5, 5.41) is 5.49. The first-order valence-electron chi connectivity index (χ1n) is 9.29. The molecule has 1 aromatic rings. The third kappa shape index (κ3) is 5.45. The van der Waals surface area contributed by atoms with E-state index >= 15 is 0 Å². The van der Waals surface area contributed by atoms with Crippen LogP contribution in [0.5, 0.6) is 5.75 Å². The fraction of sp³-hybridized carbons (Fsp3) is 0.550. The summed E-state index contributed by atoms with van der Waals surface area (Å²) in [7, 11) is 1.61. The smallest absolute Gasteiger partial charge is 0.325 e. The third-order valence-electron chi connectivity index (χ3n) is 4.76. The maximum atomic E-state index is 12.7. The monoisotopic (exact) mass is 375 g/mol. The van der Waals surface area contributed by atoms with E-state index in [4.69, 9.17) is 4.74 Å². The van der Waals surface area contributed by atoms with E-state index in [2.05, 4.69) is 24.5 Å². The first-order valence-corrected chi connectivity index (χ1v) is 9.29. The number of urea groups is 1. The summed E-state index contributed by atoms with van der Waals surface area (Å²) in [6.45, 7) is 6.12. The molecule has 2 rings (SSSR count). The zero-order valence-corrected chi connectivity index (χ0v) is 16.5. The number of hydrogen-bond acceptors (Lipinski definition) is 4. The molecule has 0 radical (unpaired) electrons. The average molecular weight is 375 g/mol. The summed E-state index contributed by atoms with van der Waals surface area (Å²) in [4.78, 5) is 38.0. The fourth-order valence-electron chi connectivity index (χ4n) is 2.95. The number of nitrogens with one attached hydrogen (secondary N) is 2. The second-order valence-corrected chi connectivity index (χ2v) is 7.53. The van der Waals surface area contributed by atoms with E-state index in [0.29, 0.717) is 25.3 Å². The van der Waals surface area contributed by atoms with Gasteiger partial charge in [-0.2, -0.15) is 0 Å². The van der Waals surface area contributed by atoms with E-state index in [1.165, 1.54) is 0 Å². The molecule has 0 spiro atoms. The van der Waals surface area contributed by atoms with Gasteiger partial charge >= 0.3 is 6.03 Å². The number of amides is 4. The van der Waals surface area contributed by atoms with Crippen LogP contribution in [-0.4, -0.2) is 48.5 Å². The van der Waals surface area contributed by atoms with Crippen molar-refractivity contribution in [2.24, 2.45) is 5.92 Å². The van der Waals surface area contributed by atoms with Gasteiger partial charge in [-0.05, 0) is 49.8 Å². The van der Waals surface area contributed by atoms with Gasteiger partial charge in [0, 0.05) is 6.54 Å². The number of rotatable bonds is 9. The van der Waals surface area contributed by atoms with Gasteiger partial charge in [-0.1, -0.05) is 26.0 Å². The number of carbonyl (C=O) groups is 3. The van der Waals surface area contributed by atoms with Crippen molar-refractivity contribution in [3.63, 3.8) is 0 Å². The van der Waals surface area contributed by atoms with Gasteiger partial charge in [0.1, 0.15) is 17.8 Å². The predicted molar refractivity (Wildman–Crippen MR) is 102 cm³/mol. The van der Waals surface area contributed by atoms with Crippen LogP contribution in [0.4, 0.5) is 4.79 Å². The van der Waals surface area contributed by atoms with Crippen molar-refractivity contribution in [1.82, 2.24) is 15.5 Å². The normalized spacial score (nSPS) is 19.4. The van der Waals surface area contributed by atoms with Gasteiger partial charge in [-0.15, -0.1) is 0 Å². The van der Waals surface area contributed by atoms with Crippen molar-refractivity contribution in [2.45, 2.75) is 45.6 Å². The predicted octanol–water partition coefficient (Wildman–Crippen LogP) is 2.10. The van der Waals surface area contributed by atoms with Crippen molar-refractivity contribution in [2.75, 3.05) is 20.2 Å². The molecule has 7 nitrogen and oxygen atoms in total. The summed E-state index contributed by atoms with van der Waals surface area (Å²) in [5.41, 5.74) is 0.0406. The van der Waals surface area contributed by atoms with Crippen molar-refractivity contribution in [1.29, 1.82) is 0 Å². The Morgan fingerprint density at radius 3 is 2.52 bits per heavy atom. The number of hydrogen-bond donors (Lipinski definition) is 2. The van der Waals surface area contributed by atoms with E-state index in [-0.39, 0.29) is 18.4 Å². The Balaban J connectivity index is 1.91. The summed E-state index contributed by atoms with van der Waals surface area (Å²) < 4.78 is 5.13. The van der Waals surface area contributed by atoms with Crippen LogP contribution in [0.3, 0.4) is 0 Å². The lowest BCUT2D eigenvalue weighted by Gasteiger charge is -2.21. The SMILES string of the molecule is COc1ccc(CC[C@]2(C)NC(=O)N(CC(=O)NCCC(C)C)C2=O)cc1. The molecule has 0 aliphatic carbocycles. The maximum Gasteiger partial charge on any atom is 0.325 e. The largest absolute Gasteiger partial charge is 0.497 e. The van der Waals surface area contributed by atoms with E-state index in [9.17, 15) is 14.4 Å². The number of benzene rings is 1. The van der Waals surface area contributed by atoms with Crippen LogP contribution in [0.25, 0.3) is 0 Å². The van der Waals surface area contributed by atoms with Crippen LogP contribution in [0.15, 0.2) is 24.3 Å². The minimum absolute atomic E-state index is 0.249. The lowest BCUT2D eigenvalue weighted by Crippen LogP contribution is -2.45. The van der Waals surface area contributed by atoms with Crippen LogP contribution < -0.4 is 15.4 Å². The molecule has 27 heavy (non-hydrogen) atoms. The molecule has 1 saturated heterocycles. The quantitative estimate of drug-likeness (QED) is 0.647. The molecule has 1 aromatic carbocycles. The maximum absolute atomic E-state index is 12.7. The van der Waals surface area contributed by atoms with Gasteiger partial charge in [-0.25, -0.2) is 4.79 Å². The molecule has 1 aliphatic heterocycles. The van der Waals surface area contributed by atoms with Gasteiger partial charge < -0.3 is 15.4 Å². The third-order valence-corrected chi connectivity index (χ3v) is 4.76. The highest BCUT2D eigenvalue weighted by Gasteiger charge is 2.47. The fourth-order valence-corrected chi connectivity index (χ4v) is 2.95. The Morgan fingerprint density at radius 2 is 1.93 bits per heavy atom. The van der Waals surface area contributed by atoms with Gasteiger partial charge in [-0.3, -0.25) is 14.5 Å². The van der Waals surface area contributed by atoms with E-state index in [1.807, 2.05) is 24.3 Å². The van der Waals surface area contributed by atoms with Crippen molar-refractivity contribution < 1.29 is 19.1 Å². The number of imide groups is 1. The second-order valence-electron chi connectivity index (χ2n) is 7.53. The summed E-state index contributed by atoms with van der Waals surface area (Å²) >= 11 is 0. The molecule has 1 heterocycles. The molecule has 0 bridgehead atoms. The van der Waals surface area contributed by atoms with Crippen LogP contribution in [0.2, 0.25) is 0 Å². The van der Waals surface area contributed by atoms with Crippen molar-refractivity contribution >= 4 is 17.8 Å². The summed E-state index contributed by atoms with van der Waals surface area (Å²) in [6.07, 6.45) is 1.93. The number of carbonyl (C=O) groups excluding carboxylic acids is 3. The Kier molecular flexibility index (Phi) is 6.82. The minimum atomic E-state index is -1.00. The van der Waals surface area contributed by atoms with Gasteiger partial charge in [0.15, 0.2) is 0 Å². The molecular weight excluding hydrogens is 346 g/mol. The summed E-state index contributed by atoms with van der Waals surface area (Å²) in [6, 6.07) is 7.07. The minimum Gasteiger partial charge on any atom is -0.497 e.